The quantitative estimate of drug-likeness (QED) is 0.779. The van der Waals surface area contributed by atoms with Crippen LogP contribution in [0, 0.1) is 5.92 Å². The maximum absolute atomic E-state index is 12.6. The molecule has 20 heavy (non-hydrogen) atoms. The number of methoxy groups -OCH3 is 1. The van der Waals surface area contributed by atoms with E-state index >= 15 is 0 Å². The van der Waals surface area contributed by atoms with Crippen LogP contribution < -0.4 is 4.74 Å². The van der Waals surface area contributed by atoms with Crippen LogP contribution in [0.4, 0.5) is 0 Å². The lowest BCUT2D eigenvalue weighted by Gasteiger charge is -2.27. The number of amides is 2. The summed E-state index contributed by atoms with van der Waals surface area (Å²) in [4.78, 5) is 26.3. The fourth-order valence-corrected chi connectivity index (χ4v) is 3.95. The Morgan fingerprint density at radius 2 is 2.10 bits per heavy atom. The van der Waals surface area contributed by atoms with Crippen molar-refractivity contribution in [3.8, 4) is 5.75 Å². The molecule has 1 aromatic carbocycles. The number of imide groups is 1. The molecule has 0 saturated carbocycles. The second kappa shape index (κ2) is 4.88. The Hall–Kier alpha value is -1.36. The van der Waals surface area contributed by atoms with E-state index in [-0.39, 0.29) is 23.7 Å². The maximum atomic E-state index is 12.6. The van der Waals surface area contributed by atoms with Crippen molar-refractivity contribution in [2.75, 3.05) is 13.7 Å². The van der Waals surface area contributed by atoms with Gasteiger partial charge in [-0.15, -0.1) is 0 Å². The summed E-state index contributed by atoms with van der Waals surface area (Å²) in [5.74, 6) is -0.0103. The number of hydrogen-bond donors (Lipinski definition) is 0. The van der Waals surface area contributed by atoms with E-state index < -0.39 is 0 Å². The standard InChI is InChI=1S/C15H16BrNO3/c1-3-17-14(18)9-5-4-8-10(16)6-7-11(20-2)12(8)13(9)15(17)19/h6-7,9,13H,3-5H2,1-2H3. The first-order valence-electron chi connectivity index (χ1n) is 6.80. The van der Waals surface area contributed by atoms with Gasteiger partial charge in [0.2, 0.25) is 11.8 Å². The molecular formula is C15H16BrNO3. The fourth-order valence-electron chi connectivity index (χ4n) is 3.41. The topological polar surface area (TPSA) is 46.6 Å². The Morgan fingerprint density at radius 1 is 1.35 bits per heavy atom. The zero-order valence-electron chi connectivity index (χ0n) is 11.5. The van der Waals surface area contributed by atoms with E-state index in [1.54, 1.807) is 7.11 Å². The molecule has 2 unspecified atom stereocenters. The van der Waals surface area contributed by atoms with Crippen molar-refractivity contribution in [2.24, 2.45) is 5.92 Å². The van der Waals surface area contributed by atoms with Gasteiger partial charge in [-0.05, 0) is 37.5 Å². The van der Waals surface area contributed by atoms with Crippen molar-refractivity contribution >= 4 is 27.7 Å². The van der Waals surface area contributed by atoms with Crippen molar-refractivity contribution in [3.05, 3.63) is 27.7 Å². The largest absolute Gasteiger partial charge is 0.496 e. The summed E-state index contributed by atoms with van der Waals surface area (Å²) in [7, 11) is 1.60. The van der Waals surface area contributed by atoms with E-state index in [0.29, 0.717) is 12.3 Å². The summed E-state index contributed by atoms with van der Waals surface area (Å²) in [6.07, 6.45) is 1.52. The third kappa shape index (κ3) is 1.72. The third-order valence-corrected chi connectivity index (χ3v) is 5.07. The maximum Gasteiger partial charge on any atom is 0.237 e. The van der Waals surface area contributed by atoms with E-state index in [1.807, 2.05) is 19.1 Å². The Labute approximate surface area is 126 Å². The number of halogens is 1. The van der Waals surface area contributed by atoms with Crippen LogP contribution >= 0.6 is 15.9 Å². The van der Waals surface area contributed by atoms with E-state index in [2.05, 4.69) is 15.9 Å². The van der Waals surface area contributed by atoms with Crippen molar-refractivity contribution in [2.45, 2.75) is 25.7 Å². The second-order valence-corrected chi connectivity index (χ2v) is 6.04. The van der Waals surface area contributed by atoms with E-state index in [1.165, 1.54) is 4.90 Å². The number of hydrogen-bond acceptors (Lipinski definition) is 3. The third-order valence-electron chi connectivity index (χ3n) is 4.33. The van der Waals surface area contributed by atoms with Gasteiger partial charge in [0.1, 0.15) is 5.75 Å². The number of fused-ring (bicyclic) bond motifs is 3. The van der Waals surface area contributed by atoms with E-state index in [0.717, 1.165) is 28.4 Å². The van der Waals surface area contributed by atoms with Gasteiger partial charge in [-0.1, -0.05) is 15.9 Å². The van der Waals surface area contributed by atoms with Gasteiger partial charge in [-0.3, -0.25) is 14.5 Å². The molecule has 2 aliphatic rings. The lowest BCUT2D eigenvalue weighted by Crippen LogP contribution is -2.30. The van der Waals surface area contributed by atoms with Crippen molar-refractivity contribution < 1.29 is 14.3 Å². The number of ether oxygens (including phenoxy) is 1. The molecule has 5 heteroatoms. The summed E-state index contributed by atoms with van der Waals surface area (Å²) in [5, 5.41) is 0. The number of carbonyl (C=O) groups is 2. The van der Waals surface area contributed by atoms with Gasteiger partial charge in [0.05, 0.1) is 18.9 Å². The number of carbonyl (C=O) groups excluding carboxylic acids is 2. The van der Waals surface area contributed by atoms with E-state index in [4.69, 9.17) is 4.74 Å². The van der Waals surface area contributed by atoms with Gasteiger partial charge in [0.25, 0.3) is 0 Å². The smallest absolute Gasteiger partial charge is 0.237 e. The van der Waals surface area contributed by atoms with Crippen LogP contribution in [0.1, 0.15) is 30.4 Å². The summed E-state index contributed by atoms with van der Waals surface area (Å²) >= 11 is 3.54. The van der Waals surface area contributed by atoms with Gasteiger partial charge in [0, 0.05) is 16.6 Å². The molecule has 1 fully saturated rings. The number of rotatable bonds is 2. The summed E-state index contributed by atoms with van der Waals surface area (Å²) in [6.45, 7) is 2.28. The molecule has 0 bridgehead atoms. The zero-order chi connectivity index (χ0) is 14.4. The Balaban J connectivity index is 2.18. The summed E-state index contributed by atoms with van der Waals surface area (Å²) in [5.41, 5.74) is 2.00. The highest BCUT2D eigenvalue weighted by Gasteiger charge is 2.51. The fraction of sp³-hybridized carbons (Fsp3) is 0.467. The zero-order valence-corrected chi connectivity index (χ0v) is 13.1. The average Bonchev–Trinajstić information content (AvgIpc) is 2.71. The van der Waals surface area contributed by atoms with Crippen LogP contribution in [0.2, 0.25) is 0 Å². The predicted octanol–water partition coefficient (Wildman–Crippen LogP) is 2.49. The first-order chi connectivity index (χ1) is 9.60. The molecule has 1 aliphatic heterocycles. The molecule has 0 aromatic heterocycles. The molecule has 2 amide bonds. The van der Waals surface area contributed by atoms with Crippen LogP contribution in [-0.4, -0.2) is 30.4 Å². The molecule has 106 valence electrons. The highest BCUT2D eigenvalue weighted by atomic mass is 79.9. The normalized spacial score (nSPS) is 24.6. The minimum absolute atomic E-state index is 0.0322. The predicted molar refractivity (Wildman–Crippen MR) is 77.6 cm³/mol. The first kappa shape index (κ1) is 13.6. The van der Waals surface area contributed by atoms with Crippen molar-refractivity contribution in [1.29, 1.82) is 0 Å². The van der Waals surface area contributed by atoms with Crippen molar-refractivity contribution in [1.82, 2.24) is 4.90 Å². The Kier molecular flexibility index (Phi) is 3.32. The molecule has 1 aromatic rings. The second-order valence-electron chi connectivity index (χ2n) is 5.19. The average molecular weight is 338 g/mol. The first-order valence-corrected chi connectivity index (χ1v) is 7.59. The van der Waals surface area contributed by atoms with Gasteiger partial charge in [-0.2, -0.15) is 0 Å². The van der Waals surface area contributed by atoms with Crippen LogP contribution in [0.15, 0.2) is 16.6 Å². The van der Waals surface area contributed by atoms with Crippen LogP contribution in [0.5, 0.6) is 5.75 Å². The Morgan fingerprint density at radius 3 is 2.75 bits per heavy atom. The monoisotopic (exact) mass is 337 g/mol. The van der Waals surface area contributed by atoms with Gasteiger partial charge >= 0.3 is 0 Å². The number of likely N-dealkylation sites (N-methyl/N-ethyl adjacent to an activating group) is 1. The minimum atomic E-state index is -0.376. The van der Waals surface area contributed by atoms with Gasteiger partial charge in [0.15, 0.2) is 0 Å². The minimum Gasteiger partial charge on any atom is -0.496 e. The molecule has 3 rings (SSSR count). The molecule has 0 radical (unpaired) electrons. The lowest BCUT2D eigenvalue weighted by atomic mass is 9.76. The molecule has 0 N–H and O–H groups in total. The molecule has 1 saturated heterocycles. The van der Waals surface area contributed by atoms with Crippen LogP contribution in [0.3, 0.4) is 0 Å². The molecule has 4 nitrogen and oxygen atoms in total. The molecule has 1 aliphatic carbocycles. The number of likely N-dealkylation sites (tertiary alicyclic amines) is 1. The molecule has 2 atom stereocenters. The molecule has 1 heterocycles. The summed E-state index contributed by atoms with van der Waals surface area (Å²) in [6, 6.07) is 3.80. The van der Waals surface area contributed by atoms with Crippen LogP contribution in [0.25, 0.3) is 0 Å². The lowest BCUT2D eigenvalue weighted by molar-refractivity contribution is -0.139. The summed E-state index contributed by atoms with van der Waals surface area (Å²) < 4.78 is 6.41. The highest BCUT2D eigenvalue weighted by Crippen LogP contribution is 2.48. The van der Waals surface area contributed by atoms with E-state index in [9.17, 15) is 9.59 Å². The van der Waals surface area contributed by atoms with Gasteiger partial charge in [-0.25, -0.2) is 0 Å². The van der Waals surface area contributed by atoms with Crippen molar-refractivity contribution in [3.63, 3.8) is 0 Å². The number of benzene rings is 1. The Bertz CT molecular complexity index is 599. The van der Waals surface area contributed by atoms with Crippen LogP contribution in [-0.2, 0) is 16.0 Å². The molecular weight excluding hydrogens is 322 g/mol. The SMILES string of the molecule is CCN1C(=O)C2CCc3c(Br)ccc(OC)c3C2C1=O. The highest BCUT2D eigenvalue weighted by molar-refractivity contribution is 9.10. The van der Waals surface area contributed by atoms with Gasteiger partial charge < -0.3 is 4.74 Å². The molecule has 0 spiro atoms. The number of nitrogens with zero attached hydrogens (tertiary/aromatic N) is 1.